The van der Waals surface area contributed by atoms with Crippen LogP contribution in [-0.2, 0) is 21.5 Å². The molecule has 6 heteroatoms. The van der Waals surface area contributed by atoms with E-state index in [-0.39, 0.29) is 17.9 Å². The Labute approximate surface area is 176 Å². The SMILES string of the molecule is COc1ccc(C2(CNC(=O)Cn3ccc4cc(OC)ccc43)CCOCC2)cc1. The molecule has 1 aromatic heterocycles. The standard InChI is InChI=1S/C24H28N2O4/c1-28-20-5-3-19(4-6-20)24(10-13-30-14-11-24)17-25-23(27)16-26-12-9-18-15-21(29-2)7-8-22(18)26/h3-9,12,15H,10-11,13-14,16-17H2,1-2H3,(H,25,27). The van der Waals surface area contributed by atoms with Gasteiger partial charge in [0.25, 0.3) is 0 Å². The Morgan fingerprint density at radius 1 is 1.03 bits per heavy atom. The summed E-state index contributed by atoms with van der Waals surface area (Å²) in [5.74, 6) is 1.65. The summed E-state index contributed by atoms with van der Waals surface area (Å²) in [5.41, 5.74) is 2.11. The molecule has 158 valence electrons. The highest BCUT2D eigenvalue weighted by Crippen LogP contribution is 2.35. The topological polar surface area (TPSA) is 61.7 Å². The molecular formula is C24H28N2O4. The predicted molar refractivity (Wildman–Crippen MR) is 116 cm³/mol. The molecule has 1 aliphatic heterocycles. The minimum atomic E-state index is -0.119. The lowest BCUT2D eigenvalue weighted by Crippen LogP contribution is -2.45. The maximum atomic E-state index is 12.8. The lowest BCUT2D eigenvalue weighted by Gasteiger charge is -2.38. The van der Waals surface area contributed by atoms with E-state index < -0.39 is 0 Å². The Morgan fingerprint density at radius 3 is 2.43 bits per heavy atom. The largest absolute Gasteiger partial charge is 0.497 e. The fourth-order valence-corrected chi connectivity index (χ4v) is 4.20. The Hall–Kier alpha value is -2.99. The second-order valence-corrected chi connectivity index (χ2v) is 7.77. The summed E-state index contributed by atoms with van der Waals surface area (Å²) in [5, 5.41) is 4.23. The number of ether oxygens (including phenoxy) is 3. The van der Waals surface area contributed by atoms with Crippen molar-refractivity contribution in [3.05, 3.63) is 60.3 Å². The summed E-state index contributed by atoms with van der Waals surface area (Å²) in [6.45, 7) is 2.28. The number of rotatable bonds is 7. The molecule has 4 rings (SSSR count). The Kier molecular flexibility index (Phi) is 5.95. The lowest BCUT2D eigenvalue weighted by molar-refractivity contribution is -0.122. The summed E-state index contributed by atoms with van der Waals surface area (Å²) in [6, 6.07) is 16.0. The molecule has 30 heavy (non-hydrogen) atoms. The number of carbonyl (C=O) groups is 1. The quantitative estimate of drug-likeness (QED) is 0.650. The number of carbonyl (C=O) groups excluding carboxylic acids is 1. The molecule has 0 unspecified atom stereocenters. The van der Waals surface area contributed by atoms with Crippen LogP contribution in [-0.4, -0.2) is 44.5 Å². The van der Waals surface area contributed by atoms with E-state index in [9.17, 15) is 4.79 Å². The van der Waals surface area contributed by atoms with Crippen LogP contribution in [0.4, 0.5) is 0 Å². The first-order valence-electron chi connectivity index (χ1n) is 10.3. The molecule has 2 heterocycles. The predicted octanol–water partition coefficient (Wildman–Crippen LogP) is 3.52. The average molecular weight is 408 g/mol. The second kappa shape index (κ2) is 8.79. The summed E-state index contributed by atoms with van der Waals surface area (Å²) >= 11 is 0. The van der Waals surface area contributed by atoms with Gasteiger partial charge in [-0.3, -0.25) is 4.79 Å². The van der Waals surface area contributed by atoms with Crippen LogP contribution in [0.1, 0.15) is 18.4 Å². The van der Waals surface area contributed by atoms with Gasteiger partial charge in [0, 0.05) is 42.3 Å². The van der Waals surface area contributed by atoms with Gasteiger partial charge in [0.2, 0.25) is 5.91 Å². The molecule has 1 amide bonds. The van der Waals surface area contributed by atoms with E-state index in [4.69, 9.17) is 14.2 Å². The maximum Gasteiger partial charge on any atom is 0.239 e. The molecule has 0 bridgehead atoms. The third-order valence-electron chi connectivity index (χ3n) is 6.07. The van der Waals surface area contributed by atoms with Crippen LogP contribution in [0.5, 0.6) is 11.5 Å². The number of benzene rings is 2. The molecule has 3 aromatic rings. The number of fused-ring (bicyclic) bond motifs is 1. The molecule has 1 N–H and O–H groups in total. The van der Waals surface area contributed by atoms with Crippen LogP contribution < -0.4 is 14.8 Å². The minimum Gasteiger partial charge on any atom is -0.497 e. The maximum absolute atomic E-state index is 12.8. The van der Waals surface area contributed by atoms with Gasteiger partial charge < -0.3 is 24.1 Å². The third-order valence-corrected chi connectivity index (χ3v) is 6.07. The third kappa shape index (κ3) is 4.14. The van der Waals surface area contributed by atoms with E-state index in [0.717, 1.165) is 35.2 Å². The summed E-state index contributed by atoms with van der Waals surface area (Å²) in [4.78, 5) is 12.8. The molecule has 0 spiro atoms. The number of nitrogens with one attached hydrogen (secondary N) is 1. The van der Waals surface area contributed by atoms with Gasteiger partial charge in [0.05, 0.1) is 14.2 Å². The van der Waals surface area contributed by atoms with Gasteiger partial charge in [0.15, 0.2) is 0 Å². The number of hydrogen-bond donors (Lipinski definition) is 1. The molecule has 1 saturated heterocycles. The normalized spacial score (nSPS) is 15.7. The zero-order valence-electron chi connectivity index (χ0n) is 17.5. The zero-order valence-corrected chi connectivity index (χ0v) is 17.5. The molecule has 0 saturated carbocycles. The summed E-state index contributed by atoms with van der Waals surface area (Å²) < 4.78 is 18.1. The van der Waals surface area contributed by atoms with Crippen molar-refractivity contribution in [1.82, 2.24) is 9.88 Å². The number of aromatic nitrogens is 1. The molecular weight excluding hydrogens is 380 g/mol. The Bertz CT molecular complexity index is 1000. The van der Waals surface area contributed by atoms with Crippen LogP contribution in [0.25, 0.3) is 10.9 Å². The second-order valence-electron chi connectivity index (χ2n) is 7.77. The van der Waals surface area contributed by atoms with E-state index in [2.05, 4.69) is 17.4 Å². The van der Waals surface area contributed by atoms with Gasteiger partial charge in [0.1, 0.15) is 18.0 Å². The van der Waals surface area contributed by atoms with Crippen LogP contribution in [0, 0.1) is 0 Å². The van der Waals surface area contributed by atoms with Gasteiger partial charge in [-0.25, -0.2) is 0 Å². The van der Waals surface area contributed by atoms with Crippen LogP contribution in [0.2, 0.25) is 0 Å². The molecule has 0 atom stereocenters. The monoisotopic (exact) mass is 408 g/mol. The number of amides is 1. The van der Waals surface area contributed by atoms with Crippen molar-refractivity contribution in [2.75, 3.05) is 34.0 Å². The molecule has 0 radical (unpaired) electrons. The van der Waals surface area contributed by atoms with Crippen molar-refractivity contribution in [2.45, 2.75) is 24.8 Å². The fraction of sp³-hybridized carbons (Fsp3) is 0.375. The summed E-state index contributed by atoms with van der Waals surface area (Å²) in [6.07, 6.45) is 3.70. The van der Waals surface area contributed by atoms with Crippen molar-refractivity contribution in [2.24, 2.45) is 0 Å². The van der Waals surface area contributed by atoms with Crippen molar-refractivity contribution in [1.29, 1.82) is 0 Å². The highest BCUT2D eigenvalue weighted by molar-refractivity contribution is 5.84. The first-order valence-corrected chi connectivity index (χ1v) is 10.3. The number of methoxy groups -OCH3 is 2. The van der Waals surface area contributed by atoms with Crippen molar-refractivity contribution < 1.29 is 19.0 Å². The first-order chi connectivity index (χ1) is 14.6. The van der Waals surface area contributed by atoms with Crippen LogP contribution in [0.3, 0.4) is 0 Å². The minimum absolute atomic E-state index is 0.00250. The molecule has 1 aliphatic rings. The van der Waals surface area contributed by atoms with Crippen LogP contribution in [0.15, 0.2) is 54.7 Å². The van der Waals surface area contributed by atoms with E-state index in [1.54, 1.807) is 14.2 Å². The Morgan fingerprint density at radius 2 is 1.73 bits per heavy atom. The van der Waals surface area contributed by atoms with E-state index >= 15 is 0 Å². The highest BCUT2D eigenvalue weighted by Gasteiger charge is 2.34. The smallest absolute Gasteiger partial charge is 0.239 e. The van der Waals surface area contributed by atoms with Gasteiger partial charge in [-0.15, -0.1) is 0 Å². The van der Waals surface area contributed by atoms with Crippen LogP contribution >= 0.6 is 0 Å². The van der Waals surface area contributed by atoms with E-state index in [0.29, 0.717) is 19.8 Å². The van der Waals surface area contributed by atoms with Gasteiger partial charge >= 0.3 is 0 Å². The van der Waals surface area contributed by atoms with E-state index in [1.807, 2.05) is 47.2 Å². The lowest BCUT2D eigenvalue weighted by atomic mass is 9.74. The molecule has 6 nitrogen and oxygen atoms in total. The average Bonchev–Trinajstić information content (AvgIpc) is 3.20. The van der Waals surface area contributed by atoms with Crippen molar-refractivity contribution in [3.8, 4) is 11.5 Å². The zero-order chi connectivity index (χ0) is 21.0. The van der Waals surface area contributed by atoms with E-state index in [1.165, 1.54) is 5.56 Å². The van der Waals surface area contributed by atoms with Gasteiger partial charge in [-0.1, -0.05) is 12.1 Å². The molecule has 0 aliphatic carbocycles. The summed E-state index contributed by atoms with van der Waals surface area (Å²) in [7, 11) is 3.32. The highest BCUT2D eigenvalue weighted by atomic mass is 16.5. The fourth-order valence-electron chi connectivity index (χ4n) is 4.20. The first kappa shape index (κ1) is 20.3. The van der Waals surface area contributed by atoms with Crippen molar-refractivity contribution >= 4 is 16.8 Å². The van der Waals surface area contributed by atoms with Gasteiger partial charge in [-0.05, 0) is 54.8 Å². The Balaban J connectivity index is 1.46. The number of nitrogens with zero attached hydrogens (tertiary/aromatic N) is 1. The number of hydrogen-bond acceptors (Lipinski definition) is 4. The van der Waals surface area contributed by atoms with Crippen molar-refractivity contribution in [3.63, 3.8) is 0 Å². The molecule has 1 fully saturated rings. The van der Waals surface area contributed by atoms with Gasteiger partial charge in [-0.2, -0.15) is 0 Å². The molecule has 2 aromatic carbocycles.